The third-order valence-electron chi connectivity index (χ3n) is 2.20. The predicted molar refractivity (Wildman–Crippen MR) is 69.5 cm³/mol. The summed E-state index contributed by atoms with van der Waals surface area (Å²) >= 11 is 0. The summed E-state index contributed by atoms with van der Waals surface area (Å²) in [6.45, 7) is 4.39. The molecule has 0 aliphatic carbocycles. The number of ether oxygens (including phenoxy) is 1. The summed E-state index contributed by atoms with van der Waals surface area (Å²) in [5.74, 6) is -0.385. The van der Waals surface area contributed by atoms with E-state index in [-0.39, 0.29) is 0 Å². The molecule has 18 heavy (non-hydrogen) atoms. The van der Waals surface area contributed by atoms with Crippen LogP contribution in [0.15, 0.2) is 24.3 Å². The lowest BCUT2D eigenvalue weighted by Gasteiger charge is -2.08. The zero-order chi connectivity index (χ0) is 13.5. The highest BCUT2D eigenvalue weighted by Gasteiger charge is 2.13. The van der Waals surface area contributed by atoms with Crippen molar-refractivity contribution in [1.82, 2.24) is 5.32 Å². The van der Waals surface area contributed by atoms with Crippen molar-refractivity contribution < 1.29 is 14.3 Å². The summed E-state index contributed by atoms with van der Waals surface area (Å²) in [5, 5.41) is 5.06. The molecule has 0 heterocycles. The van der Waals surface area contributed by atoms with Crippen LogP contribution in [0, 0.1) is 5.92 Å². The van der Waals surface area contributed by atoms with E-state index in [9.17, 15) is 9.59 Å². The number of methoxy groups -OCH3 is 1. The summed E-state index contributed by atoms with van der Waals surface area (Å²) in [5.41, 5.74) is 0.527. The van der Waals surface area contributed by atoms with Crippen molar-refractivity contribution in [2.24, 2.45) is 5.92 Å². The maximum absolute atomic E-state index is 11.6. The number of rotatable bonds is 4. The van der Waals surface area contributed by atoms with Crippen LogP contribution in [0.4, 0.5) is 5.69 Å². The Morgan fingerprint density at radius 1 is 1.28 bits per heavy atom. The molecular weight excluding hydrogens is 232 g/mol. The van der Waals surface area contributed by atoms with E-state index in [4.69, 9.17) is 4.74 Å². The van der Waals surface area contributed by atoms with Crippen molar-refractivity contribution in [3.8, 4) is 5.75 Å². The first-order valence-corrected chi connectivity index (χ1v) is 5.76. The molecule has 0 aliphatic rings. The van der Waals surface area contributed by atoms with Crippen LogP contribution in [-0.4, -0.2) is 25.5 Å². The Kier molecular flexibility index (Phi) is 5.17. The van der Waals surface area contributed by atoms with Crippen molar-refractivity contribution in [3.63, 3.8) is 0 Å². The van der Waals surface area contributed by atoms with Gasteiger partial charge >= 0.3 is 11.8 Å². The summed E-state index contributed by atoms with van der Waals surface area (Å²) in [6, 6.07) is 6.83. The summed E-state index contributed by atoms with van der Waals surface area (Å²) in [7, 11) is 1.54. The van der Waals surface area contributed by atoms with Crippen LogP contribution < -0.4 is 15.4 Å². The molecule has 2 N–H and O–H groups in total. The monoisotopic (exact) mass is 250 g/mol. The van der Waals surface area contributed by atoms with Gasteiger partial charge in [-0.25, -0.2) is 0 Å². The molecule has 0 fully saturated rings. The third kappa shape index (κ3) is 4.45. The molecule has 1 aromatic carbocycles. The van der Waals surface area contributed by atoms with Gasteiger partial charge in [0.2, 0.25) is 0 Å². The van der Waals surface area contributed by atoms with Crippen molar-refractivity contribution in [3.05, 3.63) is 24.3 Å². The van der Waals surface area contributed by atoms with E-state index in [0.29, 0.717) is 23.9 Å². The summed E-state index contributed by atoms with van der Waals surface area (Å²) < 4.78 is 5.02. The van der Waals surface area contributed by atoms with E-state index >= 15 is 0 Å². The van der Waals surface area contributed by atoms with Crippen molar-refractivity contribution in [2.45, 2.75) is 13.8 Å². The van der Waals surface area contributed by atoms with Gasteiger partial charge in [-0.3, -0.25) is 9.59 Å². The standard InChI is InChI=1S/C13H18N2O3/c1-9(2)8-14-12(16)13(17)15-10-5-4-6-11(7-10)18-3/h4-7,9H,8H2,1-3H3,(H,14,16)(H,15,17). The van der Waals surface area contributed by atoms with E-state index in [1.807, 2.05) is 13.8 Å². The fourth-order valence-electron chi connectivity index (χ4n) is 1.27. The second kappa shape index (κ2) is 6.64. The molecule has 0 bridgehead atoms. The van der Waals surface area contributed by atoms with Gasteiger partial charge in [-0.05, 0) is 18.1 Å². The van der Waals surface area contributed by atoms with Gasteiger partial charge in [-0.2, -0.15) is 0 Å². The van der Waals surface area contributed by atoms with E-state index < -0.39 is 11.8 Å². The van der Waals surface area contributed by atoms with E-state index in [2.05, 4.69) is 10.6 Å². The zero-order valence-electron chi connectivity index (χ0n) is 10.8. The summed E-state index contributed by atoms with van der Waals surface area (Å²) in [4.78, 5) is 23.0. The minimum atomic E-state index is -0.677. The van der Waals surface area contributed by atoms with Gasteiger partial charge in [-0.1, -0.05) is 19.9 Å². The molecule has 2 amide bonds. The molecule has 0 aliphatic heterocycles. The highest BCUT2D eigenvalue weighted by Crippen LogP contribution is 2.16. The topological polar surface area (TPSA) is 67.4 Å². The lowest BCUT2D eigenvalue weighted by Crippen LogP contribution is -2.37. The second-order valence-corrected chi connectivity index (χ2v) is 4.29. The number of nitrogens with one attached hydrogen (secondary N) is 2. The number of amides is 2. The minimum absolute atomic E-state index is 0.304. The maximum atomic E-state index is 11.6. The van der Waals surface area contributed by atoms with Crippen LogP contribution in [0.25, 0.3) is 0 Å². The highest BCUT2D eigenvalue weighted by atomic mass is 16.5. The first-order chi connectivity index (χ1) is 8.52. The Morgan fingerprint density at radius 3 is 2.61 bits per heavy atom. The lowest BCUT2D eigenvalue weighted by atomic mass is 10.2. The molecule has 0 atom stereocenters. The molecule has 0 saturated carbocycles. The molecular formula is C13H18N2O3. The van der Waals surface area contributed by atoms with E-state index in [0.717, 1.165) is 0 Å². The number of hydrogen-bond acceptors (Lipinski definition) is 3. The van der Waals surface area contributed by atoms with Gasteiger partial charge in [0.1, 0.15) is 5.75 Å². The minimum Gasteiger partial charge on any atom is -0.497 e. The molecule has 0 radical (unpaired) electrons. The van der Waals surface area contributed by atoms with Gasteiger partial charge in [0.05, 0.1) is 7.11 Å². The molecule has 5 nitrogen and oxygen atoms in total. The third-order valence-corrected chi connectivity index (χ3v) is 2.20. The first-order valence-electron chi connectivity index (χ1n) is 5.76. The molecule has 0 unspecified atom stereocenters. The van der Waals surface area contributed by atoms with Crippen molar-refractivity contribution in [1.29, 1.82) is 0 Å². The number of carbonyl (C=O) groups is 2. The predicted octanol–water partition coefficient (Wildman–Crippen LogP) is 1.41. The quantitative estimate of drug-likeness (QED) is 0.794. The van der Waals surface area contributed by atoms with Crippen LogP contribution in [0.1, 0.15) is 13.8 Å². The van der Waals surface area contributed by atoms with Gasteiger partial charge in [-0.15, -0.1) is 0 Å². The Bertz CT molecular complexity index is 430. The second-order valence-electron chi connectivity index (χ2n) is 4.29. The highest BCUT2D eigenvalue weighted by molar-refractivity contribution is 6.39. The Morgan fingerprint density at radius 2 is 2.00 bits per heavy atom. The smallest absolute Gasteiger partial charge is 0.313 e. The maximum Gasteiger partial charge on any atom is 0.313 e. The Hall–Kier alpha value is -2.04. The van der Waals surface area contributed by atoms with Crippen molar-refractivity contribution in [2.75, 3.05) is 19.0 Å². The lowest BCUT2D eigenvalue weighted by molar-refractivity contribution is -0.136. The molecule has 0 saturated heterocycles. The summed E-state index contributed by atoms with van der Waals surface area (Å²) in [6.07, 6.45) is 0. The normalized spacial score (nSPS) is 10.0. The Labute approximate surface area is 107 Å². The number of carbonyl (C=O) groups excluding carboxylic acids is 2. The fourth-order valence-corrected chi connectivity index (χ4v) is 1.27. The van der Waals surface area contributed by atoms with Crippen LogP contribution in [0.2, 0.25) is 0 Å². The zero-order valence-corrected chi connectivity index (χ0v) is 10.8. The molecule has 5 heteroatoms. The van der Waals surface area contributed by atoms with Crippen LogP contribution >= 0.6 is 0 Å². The number of anilines is 1. The Balaban J connectivity index is 2.55. The molecule has 1 rings (SSSR count). The first kappa shape index (κ1) is 14.0. The van der Waals surface area contributed by atoms with Gasteiger partial charge < -0.3 is 15.4 Å². The molecule has 0 spiro atoms. The fraction of sp³-hybridized carbons (Fsp3) is 0.385. The van der Waals surface area contributed by atoms with Crippen LogP contribution in [0.3, 0.4) is 0 Å². The van der Waals surface area contributed by atoms with Crippen LogP contribution in [0.5, 0.6) is 5.75 Å². The van der Waals surface area contributed by atoms with E-state index in [1.165, 1.54) is 7.11 Å². The average Bonchev–Trinajstić information content (AvgIpc) is 2.36. The SMILES string of the molecule is COc1cccc(NC(=O)C(=O)NCC(C)C)c1. The molecule has 98 valence electrons. The average molecular weight is 250 g/mol. The van der Waals surface area contributed by atoms with Gasteiger partial charge in [0.25, 0.3) is 0 Å². The van der Waals surface area contributed by atoms with Crippen LogP contribution in [-0.2, 0) is 9.59 Å². The molecule has 0 aromatic heterocycles. The number of benzene rings is 1. The molecule has 1 aromatic rings. The largest absolute Gasteiger partial charge is 0.497 e. The van der Waals surface area contributed by atoms with Crippen molar-refractivity contribution >= 4 is 17.5 Å². The van der Waals surface area contributed by atoms with Gasteiger partial charge in [0, 0.05) is 18.3 Å². The van der Waals surface area contributed by atoms with Gasteiger partial charge in [0.15, 0.2) is 0 Å². The van der Waals surface area contributed by atoms with E-state index in [1.54, 1.807) is 24.3 Å². The number of hydrogen-bond donors (Lipinski definition) is 2.